The number of nitrogens with zero attached hydrogens (tertiary/aromatic N) is 2. The van der Waals surface area contributed by atoms with Gasteiger partial charge in [0.1, 0.15) is 5.71 Å². The summed E-state index contributed by atoms with van der Waals surface area (Å²) in [6, 6.07) is 5.27. The molecule has 5 heteroatoms. The van der Waals surface area contributed by atoms with Crippen LogP contribution in [0.5, 0.6) is 0 Å². The van der Waals surface area contributed by atoms with E-state index in [9.17, 15) is 0 Å². The molecule has 0 bridgehead atoms. The van der Waals surface area contributed by atoms with Crippen molar-refractivity contribution in [2.75, 3.05) is 19.6 Å². The number of likely N-dealkylation sites (tertiary alicyclic amines) is 1. The van der Waals surface area contributed by atoms with Crippen LogP contribution in [0.4, 0.5) is 0 Å². The molecule has 0 aliphatic carbocycles. The summed E-state index contributed by atoms with van der Waals surface area (Å²) in [5, 5.41) is 13.4. The van der Waals surface area contributed by atoms with E-state index in [0.717, 1.165) is 18.7 Å². The molecule has 3 nitrogen and oxygen atoms in total. The first kappa shape index (κ1) is 12.7. The van der Waals surface area contributed by atoms with Gasteiger partial charge in [0.25, 0.3) is 0 Å². The Balaban J connectivity index is 2.14. The molecule has 1 N–H and O–H groups in total. The van der Waals surface area contributed by atoms with Crippen molar-refractivity contribution < 1.29 is 5.21 Å². The molecule has 1 aromatic rings. The minimum Gasteiger partial charge on any atom is -0.411 e. The average molecular weight is 273 g/mol. The lowest BCUT2D eigenvalue weighted by Crippen LogP contribution is -2.27. The second-order valence-electron chi connectivity index (χ2n) is 4.16. The van der Waals surface area contributed by atoms with E-state index in [1.165, 1.54) is 12.8 Å². The maximum absolute atomic E-state index is 9.09. The highest BCUT2D eigenvalue weighted by Gasteiger charge is 2.16. The number of halogens is 2. The molecule has 1 heterocycles. The summed E-state index contributed by atoms with van der Waals surface area (Å²) in [6.07, 6.45) is 2.42. The predicted octanol–water partition coefficient (Wildman–Crippen LogP) is 3.27. The summed E-state index contributed by atoms with van der Waals surface area (Å²) >= 11 is 11.8. The maximum atomic E-state index is 9.09. The number of rotatable bonds is 3. The molecule has 0 saturated carbocycles. The van der Waals surface area contributed by atoms with Crippen molar-refractivity contribution in [3.63, 3.8) is 0 Å². The van der Waals surface area contributed by atoms with E-state index >= 15 is 0 Å². The zero-order valence-corrected chi connectivity index (χ0v) is 10.9. The van der Waals surface area contributed by atoms with E-state index in [1.54, 1.807) is 12.1 Å². The Kier molecular flexibility index (Phi) is 4.26. The summed E-state index contributed by atoms with van der Waals surface area (Å²) in [5.74, 6) is 0. The van der Waals surface area contributed by atoms with Gasteiger partial charge in [0.2, 0.25) is 0 Å². The van der Waals surface area contributed by atoms with Crippen LogP contribution in [0.2, 0.25) is 10.0 Å². The largest absolute Gasteiger partial charge is 0.411 e. The lowest BCUT2D eigenvalue weighted by molar-refractivity contribution is 0.311. The van der Waals surface area contributed by atoms with Crippen molar-refractivity contribution in [3.05, 3.63) is 33.8 Å². The number of oxime groups is 1. The number of hydrogen-bond acceptors (Lipinski definition) is 3. The van der Waals surface area contributed by atoms with Crippen molar-refractivity contribution >= 4 is 28.9 Å². The van der Waals surface area contributed by atoms with Gasteiger partial charge in [0, 0.05) is 12.1 Å². The van der Waals surface area contributed by atoms with Gasteiger partial charge in [-0.2, -0.15) is 0 Å². The monoisotopic (exact) mass is 272 g/mol. The molecule has 0 aromatic heterocycles. The molecular formula is C12H14Cl2N2O. The summed E-state index contributed by atoms with van der Waals surface area (Å²) < 4.78 is 0. The zero-order chi connectivity index (χ0) is 12.3. The minimum absolute atomic E-state index is 0.478. The fourth-order valence-electron chi connectivity index (χ4n) is 2.01. The second kappa shape index (κ2) is 5.71. The van der Waals surface area contributed by atoms with Gasteiger partial charge < -0.3 is 5.21 Å². The molecule has 1 aromatic carbocycles. The van der Waals surface area contributed by atoms with Crippen LogP contribution < -0.4 is 0 Å². The molecular weight excluding hydrogens is 259 g/mol. The van der Waals surface area contributed by atoms with Crippen molar-refractivity contribution in [2.24, 2.45) is 5.16 Å². The first-order chi connectivity index (χ1) is 8.20. The Labute approximate surface area is 111 Å². The molecule has 1 saturated heterocycles. The van der Waals surface area contributed by atoms with Gasteiger partial charge in [-0.25, -0.2) is 0 Å². The minimum atomic E-state index is 0.478. The molecule has 92 valence electrons. The van der Waals surface area contributed by atoms with Gasteiger partial charge in [-0.1, -0.05) is 34.4 Å². The van der Waals surface area contributed by atoms with Crippen LogP contribution in [0.1, 0.15) is 18.4 Å². The molecule has 1 fully saturated rings. The van der Waals surface area contributed by atoms with E-state index in [-0.39, 0.29) is 0 Å². The fourth-order valence-corrected chi connectivity index (χ4v) is 2.31. The van der Waals surface area contributed by atoms with Crippen molar-refractivity contribution in [3.8, 4) is 0 Å². The SMILES string of the molecule is O/N=C(/CN1CCCC1)c1ccc(Cl)c(Cl)c1. The lowest BCUT2D eigenvalue weighted by Gasteiger charge is -2.15. The lowest BCUT2D eigenvalue weighted by atomic mass is 10.1. The molecule has 2 rings (SSSR count). The second-order valence-corrected chi connectivity index (χ2v) is 4.97. The van der Waals surface area contributed by atoms with Crippen LogP contribution in [-0.4, -0.2) is 35.5 Å². The van der Waals surface area contributed by atoms with Crippen LogP contribution in [-0.2, 0) is 0 Å². The smallest absolute Gasteiger partial charge is 0.101 e. The van der Waals surface area contributed by atoms with Gasteiger partial charge in [-0.15, -0.1) is 0 Å². The Hall–Kier alpha value is -0.770. The van der Waals surface area contributed by atoms with E-state index in [4.69, 9.17) is 28.4 Å². The first-order valence-corrected chi connectivity index (χ1v) is 6.35. The van der Waals surface area contributed by atoms with Crippen LogP contribution in [0.15, 0.2) is 23.4 Å². The van der Waals surface area contributed by atoms with Crippen molar-refractivity contribution in [2.45, 2.75) is 12.8 Å². The quantitative estimate of drug-likeness (QED) is 0.521. The summed E-state index contributed by atoms with van der Waals surface area (Å²) in [4.78, 5) is 2.26. The van der Waals surface area contributed by atoms with E-state index < -0.39 is 0 Å². The predicted molar refractivity (Wildman–Crippen MR) is 70.5 cm³/mol. The molecule has 0 unspecified atom stereocenters. The Bertz CT molecular complexity index is 429. The molecule has 0 amide bonds. The fraction of sp³-hybridized carbons (Fsp3) is 0.417. The van der Waals surface area contributed by atoms with Crippen LogP contribution in [0.3, 0.4) is 0 Å². The molecule has 0 atom stereocenters. The molecule has 1 aliphatic rings. The Morgan fingerprint density at radius 3 is 2.53 bits per heavy atom. The van der Waals surface area contributed by atoms with E-state index in [2.05, 4.69) is 10.1 Å². The van der Waals surface area contributed by atoms with Crippen LogP contribution in [0, 0.1) is 0 Å². The Morgan fingerprint density at radius 1 is 1.24 bits per heavy atom. The zero-order valence-electron chi connectivity index (χ0n) is 9.37. The van der Waals surface area contributed by atoms with E-state index in [1.807, 2.05) is 6.07 Å². The standard InChI is InChI=1S/C12H14Cl2N2O/c13-10-4-3-9(7-11(10)14)12(15-17)8-16-5-1-2-6-16/h3-4,7,17H,1-2,5-6,8H2/b15-12-. The number of benzene rings is 1. The van der Waals surface area contributed by atoms with Gasteiger partial charge in [-0.05, 0) is 38.1 Å². The molecule has 0 radical (unpaired) electrons. The first-order valence-electron chi connectivity index (χ1n) is 5.59. The van der Waals surface area contributed by atoms with E-state index in [0.29, 0.717) is 22.3 Å². The normalized spacial score (nSPS) is 17.6. The Morgan fingerprint density at radius 2 is 1.94 bits per heavy atom. The third-order valence-corrected chi connectivity index (χ3v) is 3.68. The van der Waals surface area contributed by atoms with Gasteiger partial charge in [0.05, 0.1) is 10.0 Å². The summed E-state index contributed by atoms with van der Waals surface area (Å²) in [6.45, 7) is 2.76. The third kappa shape index (κ3) is 3.12. The highest BCUT2D eigenvalue weighted by atomic mass is 35.5. The highest BCUT2D eigenvalue weighted by molar-refractivity contribution is 6.42. The van der Waals surface area contributed by atoms with Crippen LogP contribution in [0.25, 0.3) is 0 Å². The topological polar surface area (TPSA) is 35.8 Å². The molecule has 1 aliphatic heterocycles. The highest BCUT2D eigenvalue weighted by Crippen LogP contribution is 2.23. The maximum Gasteiger partial charge on any atom is 0.101 e. The molecule has 0 spiro atoms. The van der Waals surface area contributed by atoms with Crippen molar-refractivity contribution in [1.29, 1.82) is 0 Å². The third-order valence-electron chi connectivity index (χ3n) is 2.95. The summed E-state index contributed by atoms with van der Waals surface area (Å²) in [5.41, 5.74) is 1.44. The van der Waals surface area contributed by atoms with Crippen molar-refractivity contribution in [1.82, 2.24) is 4.90 Å². The van der Waals surface area contributed by atoms with Gasteiger partial charge >= 0.3 is 0 Å². The van der Waals surface area contributed by atoms with Gasteiger partial charge in [-0.3, -0.25) is 4.90 Å². The average Bonchev–Trinajstić information content (AvgIpc) is 2.82. The molecule has 17 heavy (non-hydrogen) atoms. The van der Waals surface area contributed by atoms with Gasteiger partial charge in [0.15, 0.2) is 0 Å². The van der Waals surface area contributed by atoms with Crippen LogP contribution >= 0.6 is 23.2 Å². The summed E-state index contributed by atoms with van der Waals surface area (Å²) in [7, 11) is 0. The number of hydrogen-bond donors (Lipinski definition) is 1.